The average molecular weight is 1810 g/mol. The molecular formula is C29H58Br3F4I7N7O3V. The number of halogens is 14. The first-order chi connectivity index (χ1) is 24.0. The van der Waals surface area contributed by atoms with Crippen molar-refractivity contribution in [1.29, 1.82) is 0 Å². The van der Waals surface area contributed by atoms with Crippen molar-refractivity contribution >= 4 is 204 Å². The first kappa shape index (κ1) is 97.1. The number of carbonyl (C=O) groups excluding carboxylic acids is 1. The summed E-state index contributed by atoms with van der Waals surface area (Å²) in [5, 5.41) is 8.79. The molecule has 0 spiro atoms. The molecule has 0 unspecified atom stereocenters. The molecule has 5 N–H and O–H groups in total. The molecule has 0 aromatic heterocycles. The molecule has 0 heterocycles. The second-order valence-electron chi connectivity index (χ2n) is 5.86. The van der Waals surface area contributed by atoms with Gasteiger partial charge in [0.25, 0.3) is 6.54 Å². The van der Waals surface area contributed by atoms with Gasteiger partial charge in [-0.3, -0.25) is 4.79 Å². The fraction of sp³-hybridized carbons (Fsp3) is 0.793. The predicted octanol–water partition coefficient (Wildman–Crippen LogP) is 14.3. The van der Waals surface area contributed by atoms with E-state index in [2.05, 4.69) is 227 Å². The van der Waals surface area contributed by atoms with E-state index in [-0.39, 0.29) is 69.6 Å². The molecule has 0 aliphatic heterocycles. The normalized spacial score (nSPS) is 7.04. The molecule has 25 heteroatoms. The van der Waals surface area contributed by atoms with Crippen LogP contribution in [0.25, 0.3) is 24.2 Å². The number of hydrogen-bond donors (Lipinski definition) is 3. The van der Waals surface area contributed by atoms with E-state index in [4.69, 9.17) is 49.4 Å². The van der Waals surface area contributed by atoms with E-state index in [1.165, 1.54) is 9.36 Å². The van der Waals surface area contributed by atoms with E-state index >= 15 is 0 Å². The van der Waals surface area contributed by atoms with E-state index in [0.717, 1.165) is 11.8 Å². The Kier molecular flexibility index (Phi) is 223. The SMILES string of the molecule is C.C.C.CI.CI.ICI.NCCC(F)F.NCCCO.[C-]#[N+]CC.[C-]#[N+]CC(Br)Br.[C-]#[N+]CC(F)F.[C-]#[N+]CCBr.[C-]#[N+]CCOC(C)=O.[I][V]([I])[I]. The van der Waals surface area contributed by atoms with Gasteiger partial charge in [0, 0.05) is 26.9 Å². The molecule has 0 fully saturated rings. The first-order valence-electron chi connectivity index (χ1n) is 12.8. The number of aliphatic hydroxyl groups excluding tert-OH is 1. The Morgan fingerprint density at radius 2 is 1.15 bits per heavy atom. The molecule has 0 amide bonds. The maximum absolute atomic E-state index is 11.0. The second kappa shape index (κ2) is 124. The summed E-state index contributed by atoms with van der Waals surface area (Å²) < 4.78 is 49.3. The zero-order chi connectivity index (χ0) is 43.3. The summed E-state index contributed by atoms with van der Waals surface area (Å²) in [6.45, 7) is 36.3. The van der Waals surface area contributed by atoms with Gasteiger partial charge in [-0.05, 0) is 29.4 Å². The molecule has 0 atom stereocenters. The molecular weight excluding hydrogens is 1750 g/mol. The van der Waals surface area contributed by atoms with Crippen molar-refractivity contribution in [3.8, 4) is 0 Å². The molecule has 0 rings (SSSR count). The number of carbonyl (C=O) groups is 1. The molecule has 0 aliphatic rings. The third-order valence-corrected chi connectivity index (χ3v) is 3.00. The van der Waals surface area contributed by atoms with Crippen LogP contribution in [0.5, 0.6) is 0 Å². The molecule has 0 aliphatic carbocycles. The third-order valence-electron chi connectivity index (χ3n) is 2.07. The third kappa shape index (κ3) is 324. The topological polar surface area (TPSA) is 120 Å². The zero-order valence-corrected chi connectivity index (χ0v) is 49.6. The number of nitrogens with two attached hydrogens (primary N) is 2. The van der Waals surface area contributed by atoms with Crippen molar-refractivity contribution in [2.24, 2.45) is 11.5 Å². The molecule has 0 radical (unpaired) electrons. The number of esters is 1. The average Bonchev–Trinajstić information content (AvgIpc) is 3.05. The number of alkyl halides is 11. The number of ether oxygens (including phenoxy) is 1. The van der Waals surface area contributed by atoms with Crippen LogP contribution in [-0.4, -0.2) is 104 Å². The van der Waals surface area contributed by atoms with Crippen molar-refractivity contribution in [2.45, 2.75) is 65.6 Å². The molecule has 0 aromatic carbocycles. The van der Waals surface area contributed by atoms with Gasteiger partial charge in [-0.25, -0.2) is 50.4 Å². The van der Waals surface area contributed by atoms with Gasteiger partial charge in [-0.15, -0.1) is 0 Å². The van der Waals surface area contributed by atoms with Gasteiger partial charge < -0.3 is 45.5 Å². The van der Waals surface area contributed by atoms with Gasteiger partial charge in [0.05, 0.1) is 7.76 Å². The van der Waals surface area contributed by atoms with Crippen LogP contribution in [0.1, 0.15) is 49.0 Å². The van der Waals surface area contributed by atoms with Crippen LogP contribution in [-0.2, 0) is 14.5 Å². The molecule has 0 saturated heterocycles. The molecule has 0 aromatic rings. The van der Waals surface area contributed by atoms with Crippen LogP contribution in [0.2, 0.25) is 0 Å². The Morgan fingerprint density at radius 1 is 0.796 bits per heavy atom. The van der Waals surface area contributed by atoms with Crippen molar-refractivity contribution in [3.05, 3.63) is 57.1 Å². The van der Waals surface area contributed by atoms with E-state index in [1.54, 1.807) is 0 Å². The van der Waals surface area contributed by atoms with Crippen LogP contribution >= 0.6 is 198 Å². The van der Waals surface area contributed by atoms with Gasteiger partial charge in [0.1, 0.15) is 3.74 Å². The minimum atomic E-state index is -2.46. The van der Waals surface area contributed by atoms with E-state index < -0.39 is 19.4 Å². The Balaban J connectivity index is -0.0000000275. The van der Waals surface area contributed by atoms with Crippen LogP contribution < -0.4 is 11.5 Å². The number of hydrogen-bond acceptors (Lipinski definition) is 5. The van der Waals surface area contributed by atoms with Gasteiger partial charge in [-0.2, -0.15) is 0 Å². The molecule has 54 heavy (non-hydrogen) atoms. The van der Waals surface area contributed by atoms with Crippen LogP contribution in [0.3, 0.4) is 0 Å². The predicted molar refractivity (Wildman–Crippen MR) is 297 cm³/mol. The maximum atomic E-state index is 11.0. The van der Waals surface area contributed by atoms with Crippen molar-refractivity contribution in [1.82, 2.24) is 0 Å². The first-order valence-corrected chi connectivity index (χ1v) is 36.7. The van der Waals surface area contributed by atoms with Gasteiger partial charge in [-0.1, -0.05) is 160 Å². The van der Waals surface area contributed by atoms with E-state index in [1.807, 2.05) is 16.8 Å². The summed E-state index contributed by atoms with van der Waals surface area (Å²) in [6.07, 6.45) is -4.14. The van der Waals surface area contributed by atoms with Crippen molar-refractivity contribution in [3.63, 3.8) is 0 Å². The number of nitrogens with zero attached hydrogens (tertiary/aromatic N) is 5. The monoisotopic (exact) mass is 1800 g/mol. The standard InChI is InChI=1S/C5H7NO2.C3H3Br2N.C3H4BrN.C3H3F2N.C3H7F2N.C3H9NO.C3H5N.CH2I2.2CH3I.3CH4.3HI.V/c1-5(7)8-4-3-6-2;1-6-2-3(4)5;1-5-3-2-4;1-6-2-3(4)5;4-3(5)1-2-6;4-2-1-3-5;1-3-4-2;2-1-3;2*1-2;;;;;;;/h3-4H2,1H3;3H,2H2;2-3H2;3H,2H2;3H,1-2,6H2;5H,1-4H2;3H2,1H3;1H2;2*1H3;3*1H4;3*1H;/q;;;;;;;;;;;;;;;;+3/p-3. The summed E-state index contributed by atoms with van der Waals surface area (Å²) in [7, 11) is 0. The number of aliphatic hydroxyl groups is 1. The summed E-state index contributed by atoms with van der Waals surface area (Å²) >= 11 is 25.6. The quantitative estimate of drug-likeness (QED) is 0.0530. The Hall–Kier alpha value is 3.65. The van der Waals surface area contributed by atoms with Gasteiger partial charge in [0.15, 0.2) is 6.61 Å². The Labute approximate surface area is 444 Å². The van der Waals surface area contributed by atoms with E-state index in [0.29, 0.717) is 26.2 Å². The Bertz CT molecular complexity index is 767. The fourth-order valence-corrected chi connectivity index (χ4v) is 1.10. The van der Waals surface area contributed by atoms with Gasteiger partial charge in [0.2, 0.25) is 32.6 Å². The van der Waals surface area contributed by atoms with Crippen LogP contribution in [0.4, 0.5) is 17.6 Å². The summed E-state index contributed by atoms with van der Waals surface area (Å²) in [5.74, 6) is -0.325. The molecule has 10 nitrogen and oxygen atoms in total. The summed E-state index contributed by atoms with van der Waals surface area (Å²) in [5.41, 5.74) is 9.73. The minimum absolute atomic E-state index is 0. The van der Waals surface area contributed by atoms with Crippen molar-refractivity contribution < 1.29 is 37.1 Å². The molecule has 0 saturated carbocycles. The summed E-state index contributed by atoms with van der Waals surface area (Å²) in [4.78, 5) is 28.2. The van der Waals surface area contributed by atoms with Crippen LogP contribution in [0.15, 0.2) is 0 Å². The van der Waals surface area contributed by atoms with E-state index in [9.17, 15) is 22.4 Å². The Morgan fingerprint density at radius 3 is 1.20 bits per heavy atom. The molecule has 0 bridgehead atoms. The molecule has 330 valence electrons. The fourth-order valence-electron chi connectivity index (χ4n) is 0.633. The number of rotatable bonds is 9. The zero-order valence-electron chi connectivity index (χ0n) is 28.3. The van der Waals surface area contributed by atoms with Crippen molar-refractivity contribution in [2.75, 3.05) is 76.7 Å². The summed E-state index contributed by atoms with van der Waals surface area (Å²) in [6, 6.07) is 0. The van der Waals surface area contributed by atoms with Gasteiger partial charge >= 0.3 is 77.3 Å². The second-order valence-corrected chi connectivity index (χ2v) is 49.9. The van der Waals surface area contributed by atoms with Crippen LogP contribution in [0, 0.1) is 32.9 Å².